The number of rotatable bonds is 4. The Morgan fingerprint density at radius 2 is 1.65 bits per heavy atom. The van der Waals surface area contributed by atoms with Crippen molar-refractivity contribution in [3.05, 3.63) is 29.8 Å². The summed E-state index contributed by atoms with van der Waals surface area (Å²) in [6, 6.07) is 9.15. The molecule has 1 spiro atoms. The second-order valence-electron chi connectivity index (χ2n) is 6.72. The minimum absolute atomic E-state index is 0.666. The van der Waals surface area contributed by atoms with Gasteiger partial charge in [0, 0.05) is 30.7 Å². The predicted molar refractivity (Wildman–Crippen MR) is 86.2 cm³/mol. The molecule has 3 rings (SSSR count). The van der Waals surface area contributed by atoms with E-state index >= 15 is 0 Å². The van der Waals surface area contributed by atoms with Gasteiger partial charge in [0.05, 0.1) is 0 Å². The van der Waals surface area contributed by atoms with Gasteiger partial charge >= 0.3 is 0 Å². The van der Waals surface area contributed by atoms with Crippen molar-refractivity contribution in [3.63, 3.8) is 0 Å². The van der Waals surface area contributed by atoms with Crippen LogP contribution in [-0.2, 0) is 6.54 Å². The maximum Gasteiger partial charge on any atom is 0.0366 e. The molecule has 0 bridgehead atoms. The SMILES string of the molecule is CCNCc1ccc(N2CC3(CCCCCC3)C2)cc1. The van der Waals surface area contributed by atoms with Crippen molar-refractivity contribution >= 4 is 5.69 Å². The molecule has 0 amide bonds. The molecule has 2 heteroatoms. The fourth-order valence-corrected chi connectivity index (χ4v) is 3.83. The molecule has 1 N–H and O–H groups in total. The van der Waals surface area contributed by atoms with Gasteiger partial charge in [-0.15, -0.1) is 0 Å². The summed E-state index contributed by atoms with van der Waals surface area (Å²) in [5, 5.41) is 3.38. The minimum Gasteiger partial charge on any atom is -0.370 e. The van der Waals surface area contributed by atoms with E-state index in [1.807, 2.05) is 0 Å². The van der Waals surface area contributed by atoms with E-state index in [0.717, 1.165) is 13.1 Å². The molecule has 2 aliphatic rings. The van der Waals surface area contributed by atoms with Gasteiger partial charge in [-0.3, -0.25) is 0 Å². The Bertz CT molecular complexity index is 408. The maximum atomic E-state index is 3.38. The van der Waals surface area contributed by atoms with Gasteiger partial charge in [-0.05, 0) is 37.1 Å². The Balaban J connectivity index is 1.56. The topological polar surface area (TPSA) is 15.3 Å². The molecule has 0 aromatic heterocycles. The Morgan fingerprint density at radius 3 is 2.25 bits per heavy atom. The molecule has 0 atom stereocenters. The highest BCUT2D eigenvalue weighted by molar-refractivity contribution is 5.51. The molecule has 1 aliphatic heterocycles. The van der Waals surface area contributed by atoms with E-state index in [9.17, 15) is 0 Å². The molecule has 1 aromatic carbocycles. The van der Waals surface area contributed by atoms with Crippen molar-refractivity contribution in [1.82, 2.24) is 5.32 Å². The minimum atomic E-state index is 0.666. The highest BCUT2D eigenvalue weighted by atomic mass is 15.2. The first-order chi connectivity index (χ1) is 9.81. The molecule has 2 fully saturated rings. The van der Waals surface area contributed by atoms with E-state index in [4.69, 9.17) is 0 Å². The average Bonchev–Trinajstić information content (AvgIpc) is 2.70. The second-order valence-corrected chi connectivity index (χ2v) is 6.72. The van der Waals surface area contributed by atoms with Crippen LogP contribution in [0.4, 0.5) is 5.69 Å². The molecule has 0 radical (unpaired) electrons. The van der Waals surface area contributed by atoms with Crippen LogP contribution in [0.3, 0.4) is 0 Å². The fraction of sp³-hybridized carbons (Fsp3) is 0.667. The Morgan fingerprint density at radius 1 is 1.00 bits per heavy atom. The molecule has 1 aliphatic carbocycles. The molecular formula is C18H28N2. The number of anilines is 1. The van der Waals surface area contributed by atoms with E-state index in [1.54, 1.807) is 0 Å². The van der Waals surface area contributed by atoms with Crippen LogP contribution in [0.5, 0.6) is 0 Å². The molecular weight excluding hydrogens is 244 g/mol. The zero-order valence-electron chi connectivity index (χ0n) is 12.8. The van der Waals surface area contributed by atoms with Crippen molar-refractivity contribution in [2.75, 3.05) is 24.5 Å². The Labute approximate surface area is 123 Å². The first-order valence-electron chi connectivity index (χ1n) is 8.36. The maximum absolute atomic E-state index is 3.38. The zero-order chi connectivity index (χ0) is 13.8. The van der Waals surface area contributed by atoms with Gasteiger partial charge in [-0.2, -0.15) is 0 Å². The molecule has 1 saturated carbocycles. The summed E-state index contributed by atoms with van der Waals surface area (Å²) >= 11 is 0. The number of hydrogen-bond acceptors (Lipinski definition) is 2. The standard InChI is InChI=1S/C18H28N2/c1-2-19-13-16-7-9-17(10-8-16)20-14-18(15-20)11-5-3-4-6-12-18/h7-10,19H,2-6,11-15H2,1H3. The van der Waals surface area contributed by atoms with E-state index in [-0.39, 0.29) is 0 Å². The summed E-state index contributed by atoms with van der Waals surface area (Å²) in [5.41, 5.74) is 3.47. The zero-order valence-corrected chi connectivity index (χ0v) is 12.8. The molecule has 0 unspecified atom stereocenters. The summed E-state index contributed by atoms with van der Waals surface area (Å²) < 4.78 is 0. The van der Waals surface area contributed by atoms with Gasteiger partial charge < -0.3 is 10.2 Å². The van der Waals surface area contributed by atoms with Gasteiger partial charge in [-0.25, -0.2) is 0 Å². The van der Waals surface area contributed by atoms with Gasteiger partial charge in [0.2, 0.25) is 0 Å². The lowest BCUT2D eigenvalue weighted by molar-refractivity contribution is 0.180. The van der Waals surface area contributed by atoms with Gasteiger partial charge in [-0.1, -0.05) is 44.7 Å². The fourth-order valence-electron chi connectivity index (χ4n) is 3.83. The predicted octanol–water partition coefficient (Wildman–Crippen LogP) is 3.96. The van der Waals surface area contributed by atoms with Crippen LogP contribution in [0, 0.1) is 5.41 Å². The van der Waals surface area contributed by atoms with Crippen molar-refractivity contribution in [2.24, 2.45) is 5.41 Å². The Hall–Kier alpha value is -1.02. The summed E-state index contributed by atoms with van der Waals surface area (Å²) in [4.78, 5) is 2.57. The number of hydrogen-bond donors (Lipinski definition) is 1. The second kappa shape index (κ2) is 6.17. The molecule has 20 heavy (non-hydrogen) atoms. The van der Waals surface area contributed by atoms with Crippen LogP contribution in [0.15, 0.2) is 24.3 Å². The molecule has 1 saturated heterocycles. The monoisotopic (exact) mass is 272 g/mol. The van der Waals surface area contributed by atoms with E-state index in [0.29, 0.717) is 5.41 Å². The van der Waals surface area contributed by atoms with Crippen molar-refractivity contribution in [1.29, 1.82) is 0 Å². The van der Waals surface area contributed by atoms with Crippen LogP contribution >= 0.6 is 0 Å². The lowest BCUT2D eigenvalue weighted by Crippen LogP contribution is -2.56. The third-order valence-corrected chi connectivity index (χ3v) is 5.10. The van der Waals surface area contributed by atoms with Crippen LogP contribution < -0.4 is 10.2 Å². The van der Waals surface area contributed by atoms with Crippen molar-refractivity contribution in [3.8, 4) is 0 Å². The molecule has 1 aromatic rings. The van der Waals surface area contributed by atoms with Crippen LogP contribution in [-0.4, -0.2) is 19.6 Å². The molecule has 2 nitrogen and oxygen atoms in total. The average molecular weight is 272 g/mol. The summed E-state index contributed by atoms with van der Waals surface area (Å²) in [7, 11) is 0. The third kappa shape index (κ3) is 3.01. The number of benzene rings is 1. The van der Waals surface area contributed by atoms with E-state index in [2.05, 4.69) is 41.4 Å². The third-order valence-electron chi connectivity index (χ3n) is 5.10. The van der Waals surface area contributed by atoms with Crippen molar-refractivity contribution in [2.45, 2.75) is 52.0 Å². The highest BCUT2D eigenvalue weighted by Gasteiger charge is 2.42. The van der Waals surface area contributed by atoms with Gasteiger partial charge in [0.25, 0.3) is 0 Å². The largest absolute Gasteiger partial charge is 0.370 e. The smallest absolute Gasteiger partial charge is 0.0366 e. The van der Waals surface area contributed by atoms with Crippen LogP contribution in [0.1, 0.15) is 51.0 Å². The first-order valence-corrected chi connectivity index (χ1v) is 8.36. The number of nitrogens with one attached hydrogen (secondary N) is 1. The Kier molecular flexibility index (Phi) is 4.30. The lowest BCUT2D eigenvalue weighted by atomic mass is 9.73. The van der Waals surface area contributed by atoms with E-state index < -0.39 is 0 Å². The summed E-state index contributed by atoms with van der Waals surface area (Å²) in [6.45, 7) is 6.76. The summed E-state index contributed by atoms with van der Waals surface area (Å²) in [6.07, 6.45) is 8.75. The quantitative estimate of drug-likeness (QED) is 0.892. The lowest BCUT2D eigenvalue weighted by Gasteiger charge is -2.51. The van der Waals surface area contributed by atoms with Gasteiger partial charge in [0.1, 0.15) is 0 Å². The molecule has 1 heterocycles. The normalized spacial score (nSPS) is 21.6. The van der Waals surface area contributed by atoms with Crippen LogP contribution in [0.2, 0.25) is 0 Å². The number of nitrogens with zero attached hydrogens (tertiary/aromatic N) is 1. The first kappa shape index (κ1) is 13.9. The van der Waals surface area contributed by atoms with Gasteiger partial charge in [0.15, 0.2) is 0 Å². The summed E-state index contributed by atoms with van der Waals surface area (Å²) in [5.74, 6) is 0. The molecule has 110 valence electrons. The van der Waals surface area contributed by atoms with E-state index in [1.165, 1.54) is 62.9 Å². The highest BCUT2D eigenvalue weighted by Crippen LogP contribution is 2.44. The van der Waals surface area contributed by atoms with Crippen molar-refractivity contribution < 1.29 is 0 Å². The van der Waals surface area contributed by atoms with Crippen LogP contribution in [0.25, 0.3) is 0 Å².